The van der Waals surface area contributed by atoms with Gasteiger partial charge in [-0.2, -0.15) is 0 Å². The van der Waals surface area contributed by atoms with Crippen molar-refractivity contribution in [3.05, 3.63) is 53.9 Å². The molecule has 0 saturated carbocycles. The third-order valence-corrected chi connectivity index (χ3v) is 5.33. The minimum Gasteiger partial charge on any atom is -0.374 e. The van der Waals surface area contributed by atoms with Crippen molar-refractivity contribution in [2.24, 2.45) is 0 Å². The molecule has 2 heterocycles. The van der Waals surface area contributed by atoms with Gasteiger partial charge in [0.1, 0.15) is 6.23 Å². The SMILES string of the molecule is CN(CCN1CCN(c2ccncc2)CC1)C(O)c1c(C=O)cccc1NC=O. The van der Waals surface area contributed by atoms with Gasteiger partial charge in [-0.3, -0.25) is 24.4 Å². The van der Waals surface area contributed by atoms with E-state index in [1.807, 2.05) is 31.6 Å². The van der Waals surface area contributed by atoms with E-state index in [9.17, 15) is 14.7 Å². The first kappa shape index (κ1) is 20.9. The normalized spacial score (nSPS) is 15.9. The number of hydrogen-bond donors (Lipinski definition) is 2. The second-order valence-corrected chi connectivity index (χ2v) is 7.08. The van der Waals surface area contributed by atoms with Crippen molar-refractivity contribution < 1.29 is 14.7 Å². The average Bonchev–Trinajstić information content (AvgIpc) is 2.78. The summed E-state index contributed by atoms with van der Waals surface area (Å²) in [4.78, 5) is 32.8. The van der Waals surface area contributed by atoms with Crippen LogP contribution in [0.25, 0.3) is 0 Å². The molecule has 1 amide bonds. The number of hydrogen-bond acceptors (Lipinski definition) is 7. The smallest absolute Gasteiger partial charge is 0.211 e. The summed E-state index contributed by atoms with van der Waals surface area (Å²) in [5.41, 5.74) is 2.41. The summed E-state index contributed by atoms with van der Waals surface area (Å²) in [5, 5.41) is 13.4. The van der Waals surface area contributed by atoms with E-state index >= 15 is 0 Å². The van der Waals surface area contributed by atoms with Gasteiger partial charge in [0.25, 0.3) is 0 Å². The van der Waals surface area contributed by atoms with Crippen LogP contribution >= 0.6 is 0 Å². The van der Waals surface area contributed by atoms with Crippen LogP contribution in [0.4, 0.5) is 11.4 Å². The molecule has 29 heavy (non-hydrogen) atoms. The number of aromatic nitrogens is 1. The molecular formula is C21H27N5O3. The summed E-state index contributed by atoms with van der Waals surface area (Å²) < 4.78 is 0. The summed E-state index contributed by atoms with van der Waals surface area (Å²) >= 11 is 0. The molecule has 154 valence electrons. The average molecular weight is 397 g/mol. The minimum absolute atomic E-state index is 0.363. The number of aliphatic hydroxyl groups is 1. The van der Waals surface area contributed by atoms with Crippen molar-refractivity contribution in [2.75, 3.05) is 56.5 Å². The van der Waals surface area contributed by atoms with Gasteiger partial charge in [0.2, 0.25) is 6.41 Å². The van der Waals surface area contributed by atoms with Crippen molar-refractivity contribution in [1.29, 1.82) is 0 Å². The van der Waals surface area contributed by atoms with E-state index in [2.05, 4.69) is 20.1 Å². The Morgan fingerprint density at radius 2 is 1.90 bits per heavy atom. The van der Waals surface area contributed by atoms with Crippen LogP contribution in [0.15, 0.2) is 42.7 Å². The molecule has 2 aromatic rings. The number of piperazine rings is 1. The quantitative estimate of drug-likeness (QED) is 0.486. The summed E-state index contributed by atoms with van der Waals surface area (Å²) in [7, 11) is 1.81. The predicted molar refractivity (Wildman–Crippen MR) is 112 cm³/mol. The lowest BCUT2D eigenvalue weighted by Gasteiger charge is -2.37. The highest BCUT2D eigenvalue weighted by Crippen LogP contribution is 2.27. The first-order valence-electron chi connectivity index (χ1n) is 9.68. The van der Waals surface area contributed by atoms with Crippen LogP contribution in [0.3, 0.4) is 0 Å². The number of nitrogens with one attached hydrogen (secondary N) is 1. The van der Waals surface area contributed by atoms with E-state index in [0.29, 0.717) is 36.1 Å². The molecule has 1 saturated heterocycles. The molecule has 0 spiro atoms. The van der Waals surface area contributed by atoms with Gasteiger partial charge in [-0.15, -0.1) is 0 Å². The van der Waals surface area contributed by atoms with Gasteiger partial charge >= 0.3 is 0 Å². The Morgan fingerprint density at radius 3 is 2.55 bits per heavy atom. The van der Waals surface area contributed by atoms with Crippen LogP contribution in [-0.2, 0) is 4.79 Å². The van der Waals surface area contributed by atoms with Gasteiger partial charge in [0.15, 0.2) is 6.29 Å². The van der Waals surface area contributed by atoms with Crippen molar-refractivity contribution in [1.82, 2.24) is 14.8 Å². The summed E-state index contributed by atoms with van der Waals surface area (Å²) in [5.74, 6) is 0. The largest absolute Gasteiger partial charge is 0.374 e. The second-order valence-electron chi connectivity index (χ2n) is 7.08. The molecule has 1 aliphatic rings. The fourth-order valence-electron chi connectivity index (χ4n) is 3.59. The van der Waals surface area contributed by atoms with Crippen LogP contribution < -0.4 is 10.2 Å². The highest BCUT2D eigenvalue weighted by Gasteiger charge is 2.22. The summed E-state index contributed by atoms with van der Waals surface area (Å²) in [6.07, 6.45) is 3.87. The van der Waals surface area contributed by atoms with Gasteiger partial charge < -0.3 is 15.3 Å². The number of carbonyl (C=O) groups excluding carboxylic acids is 2. The third-order valence-electron chi connectivity index (χ3n) is 5.33. The second kappa shape index (κ2) is 10.1. The summed E-state index contributed by atoms with van der Waals surface area (Å²) in [6.45, 7) is 5.20. The molecule has 8 heteroatoms. The van der Waals surface area contributed by atoms with E-state index in [-0.39, 0.29) is 0 Å². The Kier molecular flexibility index (Phi) is 7.29. The topological polar surface area (TPSA) is 89.0 Å². The molecule has 1 atom stereocenters. The molecule has 8 nitrogen and oxygen atoms in total. The lowest BCUT2D eigenvalue weighted by molar-refractivity contribution is -0.105. The maximum Gasteiger partial charge on any atom is 0.211 e. The number of carbonyl (C=O) groups is 2. The molecule has 0 aliphatic carbocycles. The van der Waals surface area contributed by atoms with Gasteiger partial charge in [-0.05, 0) is 25.2 Å². The zero-order valence-electron chi connectivity index (χ0n) is 16.6. The lowest BCUT2D eigenvalue weighted by atomic mass is 10.0. The van der Waals surface area contributed by atoms with Gasteiger partial charge in [0, 0.05) is 74.2 Å². The van der Waals surface area contributed by atoms with Crippen LogP contribution in [0.2, 0.25) is 0 Å². The number of rotatable bonds is 9. The molecule has 1 fully saturated rings. The minimum atomic E-state index is -0.989. The van der Waals surface area contributed by atoms with Crippen LogP contribution in [0.5, 0.6) is 0 Å². The number of aliphatic hydroxyl groups excluding tert-OH is 1. The number of amides is 1. The van der Waals surface area contributed by atoms with Gasteiger partial charge in [0.05, 0.1) is 0 Å². The highest BCUT2D eigenvalue weighted by molar-refractivity contribution is 5.84. The van der Waals surface area contributed by atoms with E-state index in [1.54, 1.807) is 23.1 Å². The molecule has 0 bridgehead atoms. The lowest BCUT2D eigenvalue weighted by Crippen LogP contribution is -2.48. The Balaban J connectivity index is 1.55. The molecule has 1 aliphatic heterocycles. The Labute approximate surface area is 170 Å². The van der Waals surface area contributed by atoms with E-state index in [0.717, 1.165) is 32.7 Å². The molecule has 1 aromatic heterocycles. The van der Waals surface area contributed by atoms with Crippen LogP contribution in [0, 0.1) is 0 Å². The van der Waals surface area contributed by atoms with Crippen molar-refractivity contribution in [3.63, 3.8) is 0 Å². The Morgan fingerprint density at radius 1 is 1.17 bits per heavy atom. The number of aldehydes is 1. The van der Waals surface area contributed by atoms with Crippen LogP contribution in [0.1, 0.15) is 22.1 Å². The van der Waals surface area contributed by atoms with E-state index < -0.39 is 6.23 Å². The predicted octanol–water partition coefficient (Wildman–Crippen LogP) is 1.21. The number of nitrogens with zero attached hydrogens (tertiary/aromatic N) is 4. The van der Waals surface area contributed by atoms with Crippen LogP contribution in [-0.4, -0.2) is 78.9 Å². The fraction of sp³-hybridized carbons (Fsp3) is 0.381. The Bertz CT molecular complexity index is 809. The number of benzene rings is 1. The molecule has 1 aromatic carbocycles. The Hall–Kier alpha value is -2.81. The third kappa shape index (κ3) is 5.17. The first-order valence-corrected chi connectivity index (χ1v) is 9.68. The summed E-state index contributed by atoms with van der Waals surface area (Å²) in [6, 6.07) is 9.03. The molecule has 0 radical (unpaired) electrons. The van der Waals surface area contributed by atoms with Gasteiger partial charge in [-0.1, -0.05) is 12.1 Å². The fourth-order valence-corrected chi connectivity index (χ4v) is 3.59. The molecule has 3 rings (SSSR count). The number of anilines is 2. The molecule has 2 N–H and O–H groups in total. The monoisotopic (exact) mass is 397 g/mol. The highest BCUT2D eigenvalue weighted by atomic mass is 16.3. The molecule has 1 unspecified atom stereocenters. The maximum atomic E-state index is 11.4. The zero-order chi connectivity index (χ0) is 20.6. The van der Waals surface area contributed by atoms with Crippen molar-refractivity contribution in [2.45, 2.75) is 6.23 Å². The zero-order valence-corrected chi connectivity index (χ0v) is 16.6. The maximum absolute atomic E-state index is 11.4. The number of pyridine rings is 1. The molecular weight excluding hydrogens is 370 g/mol. The van der Waals surface area contributed by atoms with E-state index in [4.69, 9.17) is 0 Å². The first-order chi connectivity index (χ1) is 14.1. The standard InChI is InChI=1S/C21H27N5O3/c1-24(21(29)20-17(15-27)3-2-4-19(20)23-16-28)9-10-25-11-13-26(14-12-25)18-5-7-22-8-6-18/h2-8,15-16,21,29H,9-14H2,1H3,(H,23,28). The van der Waals surface area contributed by atoms with Crippen molar-refractivity contribution >= 4 is 24.1 Å². The van der Waals surface area contributed by atoms with Gasteiger partial charge in [-0.25, -0.2) is 0 Å². The van der Waals surface area contributed by atoms with Crippen molar-refractivity contribution in [3.8, 4) is 0 Å². The number of likely N-dealkylation sites (N-methyl/N-ethyl adjacent to an activating group) is 1. The van der Waals surface area contributed by atoms with E-state index in [1.165, 1.54) is 5.69 Å².